The van der Waals surface area contributed by atoms with Crippen molar-refractivity contribution in [2.45, 2.75) is 20.3 Å². The molecule has 3 N–H and O–H groups in total. The molecule has 0 radical (unpaired) electrons. The van der Waals surface area contributed by atoms with Gasteiger partial charge >= 0.3 is 0 Å². The molecule has 1 aromatic heterocycles. The number of hydrogen-bond acceptors (Lipinski definition) is 5. The number of anilines is 2. The van der Waals surface area contributed by atoms with Crippen LogP contribution in [0.4, 0.5) is 16.2 Å². The van der Waals surface area contributed by atoms with E-state index in [-0.39, 0.29) is 17.6 Å². The molecule has 0 aliphatic rings. The predicted octanol–water partition coefficient (Wildman–Crippen LogP) is 3.12. The van der Waals surface area contributed by atoms with E-state index in [9.17, 15) is 4.39 Å². The average molecular weight is 276 g/mol. The number of nitrogen functional groups attached to an aromatic ring is 1. The zero-order valence-corrected chi connectivity index (χ0v) is 11.5. The normalized spacial score (nSPS) is 10.3. The fourth-order valence-electron chi connectivity index (χ4n) is 1.60. The van der Waals surface area contributed by atoms with Crippen molar-refractivity contribution in [3.05, 3.63) is 35.6 Å². The third-order valence-corrected chi connectivity index (χ3v) is 2.64. The Balaban J connectivity index is 2.19. The molecule has 0 amide bonds. The molecule has 0 aliphatic heterocycles. The highest BCUT2D eigenvalue weighted by atomic mass is 19.1. The smallest absolute Gasteiger partial charge is 0.226 e. The lowest BCUT2D eigenvalue weighted by atomic mass is 10.2. The number of aromatic nitrogens is 2. The second kappa shape index (κ2) is 6.18. The Morgan fingerprint density at radius 1 is 1.30 bits per heavy atom. The number of hydrogen-bond donors (Lipinski definition) is 2. The van der Waals surface area contributed by atoms with Crippen LogP contribution in [0.3, 0.4) is 0 Å². The van der Waals surface area contributed by atoms with Gasteiger partial charge in [-0.1, -0.05) is 13.0 Å². The van der Waals surface area contributed by atoms with E-state index in [0.29, 0.717) is 17.1 Å². The maximum atomic E-state index is 13.5. The first-order valence-corrected chi connectivity index (χ1v) is 6.41. The fourth-order valence-corrected chi connectivity index (χ4v) is 1.60. The van der Waals surface area contributed by atoms with E-state index in [1.165, 1.54) is 6.07 Å². The van der Waals surface area contributed by atoms with Crippen molar-refractivity contribution in [3.8, 4) is 11.6 Å². The van der Waals surface area contributed by atoms with Gasteiger partial charge in [-0.25, -0.2) is 4.39 Å². The van der Waals surface area contributed by atoms with Crippen molar-refractivity contribution in [3.63, 3.8) is 0 Å². The minimum absolute atomic E-state index is 0.105. The molecule has 0 saturated carbocycles. The summed E-state index contributed by atoms with van der Waals surface area (Å²) in [4.78, 5) is 8.02. The van der Waals surface area contributed by atoms with Gasteiger partial charge in [-0.2, -0.15) is 9.97 Å². The minimum atomic E-state index is -0.325. The van der Waals surface area contributed by atoms with Crippen molar-refractivity contribution >= 4 is 11.8 Å². The molecule has 0 saturated heterocycles. The quantitative estimate of drug-likeness (QED) is 0.877. The van der Waals surface area contributed by atoms with Gasteiger partial charge in [0, 0.05) is 18.7 Å². The molecule has 6 heteroatoms. The minimum Gasteiger partial charge on any atom is -0.439 e. The third kappa shape index (κ3) is 3.57. The number of nitrogens with zero attached hydrogens (tertiary/aromatic N) is 2. The molecule has 2 rings (SSSR count). The lowest BCUT2D eigenvalue weighted by Gasteiger charge is -2.09. The highest BCUT2D eigenvalue weighted by molar-refractivity contribution is 5.44. The van der Waals surface area contributed by atoms with Crippen LogP contribution in [0, 0.1) is 12.7 Å². The van der Waals surface area contributed by atoms with Crippen LogP contribution in [0.15, 0.2) is 24.3 Å². The first-order valence-electron chi connectivity index (χ1n) is 6.41. The summed E-state index contributed by atoms with van der Waals surface area (Å²) >= 11 is 0. The monoisotopic (exact) mass is 276 g/mol. The standard InChI is InChI=1S/C14H17FN4O/c1-3-6-17-12-8-13(19-14(16)18-12)20-10-5-4-9(2)11(15)7-10/h4-5,7-8H,3,6H2,1-2H3,(H3,16,17,18,19). The number of ether oxygens (including phenoxy) is 1. The summed E-state index contributed by atoms with van der Waals surface area (Å²) in [6.07, 6.45) is 0.962. The molecule has 0 aliphatic carbocycles. The number of rotatable bonds is 5. The topological polar surface area (TPSA) is 73.1 Å². The van der Waals surface area contributed by atoms with E-state index in [2.05, 4.69) is 15.3 Å². The molecule has 106 valence electrons. The van der Waals surface area contributed by atoms with Crippen LogP contribution >= 0.6 is 0 Å². The summed E-state index contributed by atoms with van der Waals surface area (Å²) in [6, 6.07) is 6.26. The molecule has 20 heavy (non-hydrogen) atoms. The van der Waals surface area contributed by atoms with Crippen molar-refractivity contribution < 1.29 is 9.13 Å². The Kier molecular flexibility index (Phi) is 4.34. The summed E-state index contributed by atoms with van der Waals surface area (Å²) in [7, 11) is 0. The Labute approximate surface area is 117 Å². The first-order chi connectivity index (χ1) is 9.58. The summed E-state index contributed by atoms with van der Waals surface area (Å²) in [5.74, 6) is 1.01. The zero-order chi connectivity index (χ0) is 14.5. The van der Waals surface area contributed by atoms with Crippen LogP contribution in [0.5, 0.6) is 11.6 Å². The fraction of sp³-hybridized carbons (Fsp3) is 0.286. The number of aryl methyl sites for hydroxylation is 1. The molecular formula is C14H17FN4O. The van der Waals surface area contributed by atoms with Crippen molar-refractivity contribution in [1.82, 2.24) is 9.97 Å². The van der Waals surface area contributed by atoms with Crippen molar-refractivity contribution in [1.29, 1.82) is 0 Å². The van der Waals surface area contributed by atoms with Crippen molar-refractivity contribution in [2.75, 3.05) is 17.6 Å². The first kappa shape index (κ1) is 14.0. The molecule has 1 aromatic carbocycles. The third-order valence-electron chi connectivity index (χ3n) is 2.64. The summed E-state index contributed by atoms with van der Waals surface area (Å²) in [6.45, 7) is 4.51. The summed E-state index contributed by atoms with van der Waals surface area (Å²) in [5, 5.41) is 3.10. The van der Waals surface area contributed by atoms with E-state index in [0.717, 1.165) is 13.0 Å². The molecule has 2 aromatic rings. The second-order valence-corrected chi connectivity index (χ2v) is 4.39. The molecule has 5 nitrogen and oxygen atoms in total. The zero-order valence-electron chi connectivity index (χ0n) is 11.5. The number of halogens is 1. The average Bonchev–Trinajstić information content (AvgIpc) is 2.40. The Morgan fingerprint density at radius 2 is 2.10 bits per heavy atom. The van der Waals surface area contributed by atoms with E-state index in [1.54, 1.807) is 25.1 Å². The van der Waals surface area contributed by atoms with E-state index >= 15 is 0 Å². The molecule has 1 heterocycles. The largest absolute Gasteiger partial charge is 0.439 e. The molecule has 0 bridgehead atoms. The molecular weight excluding hydrogens is 259 g/mol. The second-order valence-electron chi connectivity index (χ2n) is 4.39. The van der Waals surface area contributed by atoms with Gasteiger partial charge in [0.2, 0.25) is 11.8 Å². The SMILES string of the molecule is CCCNc1cc(Oc2ccc(C)c(F)c2)nc(N)n1. The van der Waals surface area contributed by atoms with Gasteiger partial charge in [-0.3, -0.25) is 0 Å². The van der Waals surface area contributed by atoms with Gasteiger partial charge in [-0.15, -0.1) is 0 Å². The van der Waals surface area contributed by atoms with Gasteiger partial charge in [0.1, 0.15) is 17.4 Å². The van der Waals surface area contributed by atoms with E-state index in [1.807, 2.05) is 6.92 Å². The molecule has 0 fully saturated rings. The predicted molar refractivity (Wildman–Crippen MR) is 76.4 cm³/mol. The Morgan fingerprint density at radius 3 is 2.80 bits per heavy atom. The summed E-state index contributed by atoms with van der Waals surface area (Å²) < 4.78 is 19.0. The highest BCUT2D eigenvalue weighted by Gasteiger charge is 2.06. The van der Waals surface area contributed by atoms with Crippen LogP contribution in [0.25, 0.3) is 0 Å². The van der Waals surface area contributed by atoms with Crippen molar-refractivity contribution in [2.24, 2.45) is 0 Å². The van der Waals surface area contributed by atoms with Gasteiger partial charge in [-0.05, 0) is 25.0 Å². The lowest BCUT2D eigenvalue weighted by molar-refractivity contribution is 0.457. The van der Waals surface area contributed by atoms with E-state index in [4.69, 9.17) is 10.5 Å². The Bertz CT molecular complexity index is 604. The number of nitrogens with two attached hydrogens (primary N) is 1. The number of benzene rings is 1. The van der Waals surface area contributed by atoms with Gasteiger partial charge in [0.05, 0.1) is 0 Å². The van der Waals surface area contributed by atoms with Gasteiger partial charge in [0.15, 0.2) is 0 Å². The van der Waals surface area contributed by atoms with E-state index < -0.39 is 0 Å². The Hall–Kier alpha value is -2.37. The maximum Gasteiger partial charge on any atom is 0.226 e. The molecule has 0 atom stereocenters. The van der Waals surface area contributed by atoms with Gasteiger partial charge in [0.25, 0.3) is 0 Å². The summed E-state index contributed by atoms with van der Waals surface area (Å²) in [5.41, 5.74) is 6.18. The van der Waals surface area contributed by atoms with Crippen LogP contribution in [-0.4, -0.2) is 16.5 Å². The van der Waals surface area contributed by atoms with Crippen LogP contribution in [0.1, 0.15) is 18.9 Å². The molecule has 0 unspecified atom stereocenters. The van der Waals surface area contributed by atoms with Crippen LogP contribution in [0.2, 0.25) is 0 Å². The van der Waals surface area contributed by atoms with Crippen LogP contribution < -0.4 is 15.8 Å². The maximum absolute atomic E-state index is 13.5. The number of nitrogens with one attached hydrogen (secondary N) is 1. The highest BCUT2D eigenvalue weighted by Crippen LogP contribution is 2.24. The van der Waals surface area contributed by atoms with Crippen LogP contribution in [-0.2, 0) is 0 Å². The molecule has 0 spiro atoms. The lowest BCUT2D eigenvalue weighted by Crippen LogP contribution is -2.05. The van der Waals surface area contributed by atoms with Gasteiger partial charge < -0.3 is 15.8 Å².